The van der Waals surface area contributed by atoms with Crippen molar-refractivity contribution in [1.29, 1.82) is 5.26 Å². The topological polar surface area (TPSA) is 35.8 Å². The summed E-state index contributed by atoms with van der Waals surface area (Å²) >= 11 is 0. The van der Waals surface area contributed by atoms with Crippen LogP contribution in [0.2, 0.25) is 0 Å². The van der Waals surface area contributed by atoms with Crippen molar-refractivity contribution < 1.29 is 0 Å². The second-order valence-corrected chi connectivity index (χ2v) is 7.35. The number of hydrogen-bond acceptors (Lipinski definition) is 2. The molecule has 18 heavy (non-hydrogen) atoms. The summed E-state index contributed by atoms with van der Waals surface area (Å²) in [7, 11) is 0. The van der Waals surface area contributed by atoms with Crippen LogP contribution in [-0.4, -0.2) is 12.6 Å². The van der Waals surface area contributed by atoms with Gasteiger partial charge in [-0.3, -0.25) is 0 Å². The van der Waals surface area contributed by atoms with Gasteiger partial charge in [-0.1, -0.05) is 13.8 Å². The van der Waals surface area contributed by atoms with Crippen LogP contribution < -0.4 is 5.32 Å². The van der Waals surface area contributed by atoms with Gasteiger partial charge < -0.3 is 5.32 Å². The zero-order valence-corrected chi connectivity index (χ0v) is 11.7. The molecule has 1 unspecified atom stereocenters. The van der Waals surface area contributed by atoms with E-state index in [0.717, 1.165) is 36.1 Å². The number of nitriles is 1. The summed E-state index contributed by atoms with van der Waals surface area (Å²) < 4.78 is 0. The molecule has 0 spiro atoms. The monoisotopic (exact) mass is 246 g/mol. The predicted octanol–water partition coefficient (Wildman–Crippen LogP) is 3.20. The second kappa shape index (κ2) is 4.85. The first kappa shape index (κ1) is 12.5. The van der Waals surface area contributed by atoms with Gasteiger partial charge in [-0.15, -0.1) is 0 Å². The summed E-state index contributed by atoms with van der Waals surface area (Å²) in [5, 5.41) is 12.7. The van der Waals surface area contributed by atoms with Crippen molar-refractivity contribution in [2.75, 3.05) is 6.54 Å². The lowest BCUT2D eigenvalue weighted by Gasteiger charge is -2.54. The average Bonchev–Trinajstić information content (AvgIpc) is 2.31. The Morgan fingerprint density at radius 3 is 2.06 bits per heavy atom. The molecular weight excluding hydrogens is 220 g/mol. The first-order chi connectivity index (χ1) is 8.67. The first-order valence-electron chi connectivity index (χ1n) is 7.80. The van der Waals surface area contributed by atoms with Gasteiger partial charge in [-0.05, 0) is 74.2 Å². The van der Waals surface area contributed by atoms with Crippen molar-refractivity contribution in [3.8, 4) is 6.07 Å². The Morgan fingerprint density at radius 1 is 1.06 bits per heavy atom. The summed E-state index contributed by atoms with van der Waals surface area (Å²) in [4.78, 5) is 0. The zero-order valence-electron chi connectivity index (χ0n) is 11.7. The lowest BCUT2D eigenvalue weighted by atomic mass is 9.52. The molecule has 0 heterocycles. The molecule has 2 heteroatoms. The lowest BCUT2D eigenvalue weighted by molar-refractivity contribution is -0.0362. The minimum Gasteiger partial charge on any atom is -0.301 e. The molecule has 0 saturated heterocycles. The van der Waals surface area contributed by atoms with Gasteiger partial charge >= 0.3 is 0 Å². The molecule has 0 aromatic heterocycles. The molecule has 4 fully saturated rings. The maximum Gasteiger partial charge on any atom is 0.0976 e. The Morgan fingerprint density at radius 2 is 1.61 bits per heavy atom. The molecule has 0 amide bonds. The fourth-order valence-corrected chi connectivity index (χ4v) is 5.06. The standard InChI is InChI=1S/C16H26N2/c1-10(2)16(8-17)18-9-15-13-4-11-3-12(6-13)7-14(15)5-11/h10-16,18H,3-7,9H2,1-2H3. The molecule has 4 bridgehead atoms. The molecule has 1 N–H and O–H groups in total. The Hall–Kier alpha value is -0.550. The molecule has 1 atom stereocenters. The SMILES string of the molecule is CC(C)C(C#N)NCC1C2CC3CC(C2)CC1C3. The van der Waals surface area contributed by atoms with Crippen LogP contribution in [0.4, 0.5) is 0 Å². The van der Waals surface area contributed by atoms with Gasteiger partial charge in [0.1, 0.15) is 0 Å². The van der Waals surface area contributed by atoms with Gasteiger partial charge in [0.25, 0.3) is 0 Å². The van der Waals surface area contributed by atoms with Gasteiger partial charge in [0.05, 0.1) is 12.1 Å². The predicted molar refractivity (Wildman–Crippen MR) is 72.8 cm³/mol. The van der Waals surface area contributed by atoms with Crippen LogP contribution in [0.25, 0.3) is 0 Å². The Kier molecular flexibility index (Phi) is 3.36. The van der Waals surface area contributed by atoms with Gasteiger partial charge in [0.2, 0.25) is 0 Å². The molecule has 100 valence electrons. The highest BCUT2D eigenvalue weighted by atomic mass is 14.9. The third-order valence-electron chi connectivity index (χ3n) is 5.80. The van der Waals surface area contributed by atoms with Gasteiger partial charge in [0, 0.05) is 0 Å². The molecule has 4 saturated carbocycles. The summed E-state index contributed by atoms with van der Waals surface area (Å²) in [6.45, 7) is 5.36. The molecule has 0 radical (unpaired) electrons. The van der Waals surface area contributed by atoms with Crippen LogP contribution in [0.15, 0.2) is 0 Å². The van der Waals surface area contributed by atoms with Crippen molar-refractivity contribution in [3.63, 3.8) is 0 Å². The molecule has 4 rings (SSSR count). The van der Waals surface area contributed by atoms with E-state index in [1.165, 1.54) is 32.1 Å². The van der Waals surface area contributed by atoms with Crippen LogP contribution in [-0.2, 0) is 0 Å². The molecule has 0 aromatic rings. The number of nitrogens with zero attached hydrogens (tertiary/aromatic N) is 1. The summed E-state index contributed by atoms with van der Waals surface area (Å²) in [6, 6.07) is 2.46. The number of nitrogens with one attached hydrogen (secondary N) is 1. The van der Waals surface area contributed by atoms with Crippen LogP contribution in [0.1, 0.15) is 46.0 Å². The van der Waals surface area contributed by atoms with Gasteiger partial charge in [-0.25, -0.2) is 0 Å². The third-order valence-corrected chi connectivity index (χ3v) is 5.80. The number of hydrogen-bond donors (Lipinski definition) is 1. The summed E-state index contributed by atoms with van der Waals surface area (Å²) in [6.07, 6.45) is 7.47. The van der Waals surface area contributed by atoms with Crippen molar-refractivity contribution >= 4 is 0 Å². The third kappa shape index (κ3) is 2.18. The molecule has 4 aliphatic carbocycles. The largest absolute Gasteiger partial charge is 0.301 e. The fraction of sp³-hybridized carbons (Fsp3) is 0.938. The van der Waals surface area contributed by atoms with Crippen LogP contribution in [0.5, 0.6) is 0 Å². The molecule has 0 aliphatic heterocycles. The van der Waals surface area contributed by atoms with Crippen LogP contribution >= 0.6 is 0 Å². The van der Waals surface area contributed by atoms with Gasteiger partial charge in [-0.2, -0.15) is 5.26 Å². The Labute approximate surface area is 111 Å². The van der Waals surface area contributed by atoms with E-state index in [1.807, 2.05) is 0 Å². The van der Waals surface area contributed by atoms with E-state index >= 15 is 0 Å². The number of rotatable bonds is 4. The van der Waals surface area contributed by atoms with Crippen molar-refractivity contribution in [2.24, 2.45) is 35.5 Å². The van der Waals surface area contributed by atoms with Crippen molar-refractivity contribution in [3.05, 3.63) is 0 Å². The highest BCUT2D eigenvalue weighted by Gasteiger charge is 2.47. The Bertz CT molecular complexity index is 313. The van der Waals surface area contributed by atoms with Gasteiger partial charge in [0.15, 0.2) is 0 Å². The van der Waals surface area contributed by atoms with Crippen LogP contribution in [0.3, 0.4) is 0 Å². The van der Waals surface area contributed by atoms with Crippen molar-refractivity contribution in [2.45, 2.75) is 52.0 Å². The molecule has 2 nitrogen and oxygen atoms in total. The lowest BCUT2D eigenvalue weighted by Crippen LogP contribution is -2.50. The van der Waals surface area contributed by atoms with Crippen molar-refractivity contribution in [1.82, 2.24) is 5.32 Å². The molecular formula is C16H26N2. The zero-order chi connectivity index (χ0) is 12.7. The van der Waals surface area contributed by atoms with E-state index in [4.69, 9.17) is 5.26 Å². The molecule has 4 aliphatic rings. The molecule has 0 aromatic carbocycles. The van der Waals surface area contributed by atoms with Crippen LogP contribution in [0, 0.1) is 46.8 Å². The first-order valence-corrected chi connectivity index (χ1v) is 7.80. The maximum atomic E-state index is 9.17. The van der Waals surface area contributed by atoms with E-state index in [9.17, 15) is 0 Å². The second-order valence-electron chi connectivity index (χ2n) is 7.35. The normalized spacial score (nSPS) is 43.1. The average molecular weight is 246 g/mol. The van der Waals surface area contributed by atoms with E-state index in [0.29, 0.717) is 5.92 Å². The van der Waals surface area contributed by atoms with E-state index in [2.05, 4.69) is 25.2 Å². The minimum atomic E-state index is 0.0437. The summed E-state index contributed by atoms with van der Waals surface area (Å²) in [5.74, 6) is 5.35. The van der Waals surface area contributed by atoms with E-state index in [-0.39, 0.29) is 6.04 Å². The summed E-state index contributed by atoms with van der Waals surface area (Å²) in [5.41, 5.74) is 0. The highest BCUT2D eigenvalue weighted by molar-refractivity contribution is 5.00. The van der Waals surface area contributed by atoms with E-state index in [1.54, 1.807) is 0 Å². The maximum absolute atomic E-state index is 9.17. The smallest absolute Gasteiger partial charge is 0.0976 e. The fourth-order valence-electron chi connectivity index (χ4n) is 5.06. The highest BCUT2D eigenvalue weighted by Crippen LogP contribution is 2.56. The quantitative estimate of drug-likeness (QED) is 0.827. The Balaban J connectivity index is 1.59. The minimum absolute atomic E-state index is 0.0437. The van der Waals surface area contributed by atoms with E-state index < -0.39 is 0 Å².